The molecule has 0 saturated carbocycles. The molecule has 1 amide bonds. The van der Waals surface area contributed by atoms with Gasteiger partial charge in [-0.05, 0) is 38.5 Å². The number of benzene rings is 2. The van der Waals surface area contributed by atoms with Crippen molar-refractivity contribution in [2.24, 2.45) is 0 Å². The fourth-order valence-corrected chi connectivity index (χ4v) is 3.72. The van der Waals surface area contributed by atoms with E-state index in [4.69, 9.17) is 4.42 Å². The van der Waals surface area contributed by atoms with Gasteiger partial charge in [-0.25, -0.2) is 0 Å². The van der Waals surface area contributed by atoms with E-state index in [-0.39, 0.29) is 11.2 Å². The molecule has 3 rings (SSSR count). The molecule has 0 aliphatic carbocycles. The van der Waals surface area contributed by atoms with Crippen LogP contribution in [0.15, 0.2) is 58.2 Å². The van der Waals surface area contributed by atoms with Crippen LogP contribution in [-0.4, -0.2) is 33.3 Å². The zero-order valence-corrected chi connectivity index (χ0v) is 16.8. The second-order valence-electron chi connectivity index (χ2n) is 6.69. The molecule has 0 bridgehead atoms. The molecule has 0 radical (unpaired) electrons. The van der Waals surface area contributed by atoms with Gasteiger partial charge in [-0.3, -0.25) is 4.79 Å². The van der Waals surface area contributed by atoms with Gasteiger partial charge < -0.3 is 9.32 Å². The number of rotatable bonds is 6. The van der Waals surface area contributed by atoms with Crippen LogP contribution in [0.1, 0.15) is 23.6 Å². The number of carbonyl (C=O) groups excluding carboxylic acids is 1. The molecule has 0 saturated heterocycles. The number of carbonyl (C=O) groups is 1. The highest BCUT2D eigenvalue weighted by Gasteiger charge is 2.22. The molecule has 2 aromatic carbocycles. The van der Waals surface area contributed by atoms with Crippen molar-refractivity contribution in [3.8, 4) is 11.5 Å². The Balaban J connectivity index is 1.64. The fraction of sp³-hybridized carbons (Fsp3) is 0.286. The van der Waals surface area contributed by atoms with E-state index < -0.39 is 0 Å². The highest BCUT2D eigenvalue weighted by molar-refractivity contribution is 8.00. The molecule has 6 heteroatoms. The Morgan fingerprint density at radius 1 is 1.11 bits per heavy atom. The number of thioether (sulfide) groups is 1. The number of aryl methyl sites for hydroxylation is 2. The summed E-state index contributed by atoms with van der Waals surface area (Å²) in [4.78, 5) is 14.3. The Morgan fingerprint density at radius 3 is 2.44 bits per heavy atom. The minimum atomic E-state index is -0.314. The van der Waals surface area contributed by atoms with Crippen LogP contribution in [-0.2, 0) is 11.3 Å². The third-order valence-electron chi connectivity index (χ3n) is 4.14. The van der Waals surface area contributed by atoms with Crippen LogP contribution in [0.5, 0.6) is 0 Å². The molecule has 3 aromatic rings. The summed E-state index contributed by atoms with van der Waals surface area (Å²) in [6, 6.07) is 16.0. The first-order chi connectivity index (χ1) is 12.9. The summed E-state index contributed by atoms with van der Waals surface area (Å²) < 4.78 is 5.77. The zero-order valence-electron chi connectivity index (χ0n) is 16.0. The SMILES string of the molecule is Cc1cc(C)cc(-c2nnc(S[C@H](C)C(=O)N(C)Cc3ccccc3)o2)c1. The summed E-state index contributed by atoms with van der Waals surface area (Å²) in [7, 11) is 1.81. The topological polar surface area (TPSA) is 59.2 Å². The molecule has 1 aromatic heterocycles. The Hall–Kier alpha value is -2.60. The number of nitrogens with zero attached hydrogens (tertiary/aromatic N) is 3. The predicted molar refractivity (Wildman–Crippen MR) is 107 cm³/mol. The van der Waals surface area contributed by atoms with E-state index in [2.05, 4.69) is 16.3 Å². The molecule has 0 aliphatic rings. The van der Waals surface area contributed by atoms with Gasteiger partial charge in [0.05, 0.1) is 5.25 Å². The molecule has 0 spiro atoms. The van der Waals surface area contributed by atoms with Crippen molar-refractivity contribution in [3.63, 3.8) is 0 Å². The standard InChI is InChI=1S/C21H23N3O2S/c1-14-10-15(2)12-18(11-14)19-22-23-21(26-19)27-16(3)20(25)24(4)13-17-8-6-5-7-9-17/h5-12,16H,13H2,1-4H3/t16-/m1/s1. The van der Waals surface area contributed by atoms with Crippen LogP contribution >= 0.6 is 11.8 Å². The van der Waals surface area contributed by atoms with Gasteiger partial charge in [0.15, 0.2) is 0 Å². The van der Waals surface area contributed by atoms with Gasteiger partial charge in [0.25, 0.3) is 5.22 Å². The number of aromatic nitrogens is 2. The molecule has 27 heavy (non-hydrogen) atoms. The van der Waals surface area contributed by atoms with E-state index >= 15 is 0 Å². The largest absolute Gasteiger partial charge is 0.411 e. The van der Waals surface area contributed by atoms with Gasteiger partial charge in [0, 0.05) is 19.2 Å². The summed E-state index contributed by atoms with van der Waals surface area (Å²) in [5.41, 5.74) is 4.28. The minimum Gasteiger partial charge on any atom is -0.411 e. The lowest BCUT2D eigenvalue weighted by atomic mass is 10.1. The van der Waals surface area contributed by atoms with Crippen LogP contribution < -0.4 is 0 Å². The number of hydrogen-bond donors (Lipinski definition) is 0. The molecule has 0 aliphatic heterocycles. The lowest BCUT2D eigenvalue weighted by Gasteiger charge is -2.20. The van der Waals surface area contributed by atoms with Gasteiger partial charge >= 0.3 is 0 Å². The van der Waals surface area contributed by atoms with Crippen molar-refractivity contribution in [3.05, 3.63) is 65.2 Å². The van der Waals surface area contributed by atoms with Gasteiger partial charge in [0.1, 0.15) is 0 Å². The van der Waals surface area contributed by atoms with Crippen LogP contribution in [0.3, 0.4) is 0 Å². The Morgan fingerprint density at radius 2 is 1.78 bits per heavy atom. The van der Waals surface area contributed by atoms with E-state index in [0.29, 0.717) is 17.7 Å². The highest BCUT2D eigenvalue weighted by atomic mass is 32.2. The van der Waals surface area contributed by atoms with Crippen molar-refractivity contribution < 1.29 is 9.21 Å². The molecule has 140 valence electrons. The smallest absolute Gasteiger partial charge is 0.277 e. The molecule has 1 atom stereocenters. The van der Waals surface area contributed by atoms with E-state index in [1.165, 1.54) is 11.8 Å². The van der Waals surface area contributed by atoms with Gasteiger partial charge in [0.2, 0.25) is 11.8 Å². The van der Waals surface area contributed by atoms with Crippen LogP contribution in [0.25, 0.3) is 11.5 Å². The maximum absolute atomic E-state index is 12.6. The van der Waals surface area contributed by atoms with E-state index in [0.717, 1.165) is 22.3 Å². The zero-order chi connectivity index (χ0) is 19.4. The van der Waals surface area contributed by atoms with Crippen molar-refractivity contribution in [2.45, 2.75) is 37.8 Å². The van der Waals surface area contributed by atoms with Crippen LogP contribution in [0, 0.1) is 13.8 Å². The van der Waals surface area contributed by atoms with E-state index in [1.54, 1.807) is 11.9 Å². The van der Waals surface area contributed by atoms with E-state index in [1.807, 2.05) is 63.2 Å². The highest BCUT2D eigenvalue weighted by Crippen LogP contribution is 2.28. The lowest BCUT2D eigenvalue weighted by molar-refractivity contribution is -0.129. The van der Waals surface area contributed by atoms with Crippen molar-refractivity contribution in [2.75, 3.05) is 7.05 Å². The molecule has 5 nitrogen and oxygen atoms in total. The maximum Gasteiger partial charge on any atom is 0.277 e. The van der Waals surface area contributed by atoms with Gasteiger partial charge in [-0.2, -0.15) is 0 Å². The Labute approximate surface area is 163 Å². The second-order valence-corrected chi connectivity index (χ2v) is 7.98. The Bertz CT molecular complexity index is 904. The third-order valence-corrected chi connectivity index (χ3v) is 5.06. The maximum atomic E-state index is 12.6. The summed E-state index contributed by atoms with van der Waals surface area (Å²) in [6.07, 6.45) is 0. The third kappa shape index (κ3) is 4.98. The molecular weight excluding hydrogens is 358 g/mol. The van der Waals surface area contributed by atoms with Crippen molar-refractivity contribution in [1.82, 2.24) is 15.1 Å². The summed E-state index contributed by atoms with van der Waals surface area (Å²) in [5.74, 6) is 0.497. The van der Waals surface area contributed by atoms with Crippen molar-refractivity contribution in [1.29, 1.82) is 0 Å². The van der Waals surface area contributed by atoms with E-state index in [9.17, 15) is 4.79 Å². The van der Waals surface area contributed by atoms with Gasteiger partial charge in [-0.1, -0.05) is 59.3 Å². The second kappa shape index (κ2) is 8.39. The Kier molecular flexibility index (Phi) is 5.96. The van der Waals surface area contributed by atoms with Crippen molar-refractivity contribution >= 4 is 17.7 Å². The minimum absolute atomic E-state index is 0.0232. The van der Waals surface area contributed by atoms with Crippen LogP contribution in [0.4, 0.5) is 0 Å². The molecule has 0 unspecified atom stereocenters. The normalized spacial score (nSPS) is 12.0. The molecule has 1 heterocycles. The first-order valence-electron chi connectivity index (χ1n) is 8.80. The molecule has 0 fully saturated rings. The molecular formula is C21H23N3O2S. The summed E-state index contributed by atoms with van der Waals surface area (Å²) in [5, 5.41) is 8.31. The average Bonchev–Trinajstić information content (AvgIpc) is 3.09. The average molecular weight is 382 g/mol. The fourth-order valence-electron chi connectivity index (χ4n) is 2.92. The van der Waals surface area contributed by atoms with Crippen LogP contribution in [0.2, 0.25) is 0 Å². The summed E-state index contributed by atoms with van der Waals surface area (Å²) in [6.45, 7) is 6.50. The number of hydrogen-bond acceptors (Lipinski definition) is 5. The molecule has 0 N–H and O–H groups in total. The van der Waals surface area contributed by atoms with Gasteiger partial charge in [-0.15, -0.1) is 10.2 Å². The number of amides is 1. The monoisotopic (exact) mass is 381 g/mol. The first kappa shape index (κ1) is 19.2. The summed E-state index contributed by atoms with van der Waals surface area (Å²) >= 11 is 1.28. The predicted octanol–water partition coefficient (Wildman–Crippen LogP) is 4.49. The lowest BCUT2D eigenvalue weighted by Crippen LogP contribution is -2.32. The first-order valence-corrected chi connectivity index (χ1v) is 9.68. The quantitative estimate of drug-likeness (QED) is 0.589.